The molecule has 1 fully saturated rings. The molecule has 1 N–H and O–H groups in total. The van der Waals surface area contributed by atoms with Gasteiger partial charge >= 0.3 is 0 Å². The van der Waals surface area contributed by atoms with Crippen LogP contribution in [-0.2, 0) is 11.3 Å². The number of nitrogens with zero attached hydrogens (tertiary/aromatic N) is 2. The van der Waals surface area contributed by atoms with E-state index >= 15 is 0 Å². The summed E-state index contributed by atoms with van der Waals surface area (Å²) in [5, 5.41) is 3.15. The molecule has 0 bridgehead atoms. The highest BCUT2D eigenvalue weighted by atomic mass is 16.5. The molecule has 0 radical (unpaired) electrons. The van der Waals surface area contributed by atoms with Crippen molar-refractivity contribution in [2.75, 3.05) is 25.0 Å². The predicted molar refractivity (Wildman–Crippen MR) is 74.0 cm³/mol. The zero-order valence-electron chi connectivity index (χ0n) is 11.7. The molecule has 2 atom stereocenters. The van der Waals surface area contributed by atoms with Crippen LogP contribution in [0.5, 0.6) is 0 Å². The Balaban J connectivity index is 2.17. The maximum atomic E-state index is 5.76. The van der Waals surface area contributed by atoms with E-state index in [1.807, 2.05) is 13.2 Å². The number of aryl methyl sites for hydroxylation is 1. The Bertz CT molecular complexity index is 398. The Morgan fingerprint density at radius 2 is 2.06 bits per heavy atom. The molecule has 0 spiro atoms. The Labute approximate surface area is 109 Å². The molecule has 2 rings (SSSR count). The first-order chi connectivity index (χ1) is 8.60. The summed E-state index contributed by atoms with van der Waals surface area (Å²) in [4.78, 5) is 6.95. The lowest BCUT2D eigenvalue weighted by molar-refractivity contribution is -0.00549. The summed E-state index contributed by atoms with van der Waals surface area (Å²) in [6.45, 7) is 9.07. The van der Waals surface area contributed by atoms with E-state index in [2.05, 4.69) is 42.0 Å². The van der Waals surface area contributed by atoms with Gasteiger partial charge in [0.2, 0.25) is 0 Å². The van der Waals surface area contributed by atoms with Crippen LogP contribution in [-0.4, -0.2) is 37.3 Å². The third kappa shape index (κ3) is 3.00. The maximum absolute atomic E-state index is 5.76. The number of hydrogen-bond acceptors (Lipinski definition) is 4. The summed E-state index contributed by atoms with van der Waals surface area (Å²) >= 11 is 0. The number of morpholine rings is 1. The van der Waals surface area contributed by atoms with Crippen LogP contribution in [0, 0.1) is 6.92 Å². The third-order valence-corrected chi connectivity index (χ3v) is 3.21. The van der Waals surface area contributed by atoms with Crippen molar-refractivity contribution in [3.05, 3.63) is 23.4 Å². The molecule has 4 nitrogen and oxygen atoms in total. The Morgan fingerprint density at radius 1 is 1.39 bits per heavy atom. The number of rotatable bonds is 3. The summed E-state index contributed by atoms with van der Waals surface area (Å²) in [6.07, 6.45) is 2.50. The average molecular weight is 249 g/mol. The number of hydrogen-bond donors (Lipinski definition) is 1. The molecular weight excluding hydrogens is 226 g/mol. The molecule has 2 heterocycles. The summed E-state index contributed by atoms with van der Waals surface area (Å²) in [6, 6.07) is 2.21. The van der Waals surface area contributed by atoms with Gasteiger partial charge in [-0.1, -0.05) is 0 Å². The van der Waals surface area contributed by atoms with Crippen molar-refractivity contribution >= 4 is 5.82 Å². The monoisotopic (exact) mass is 249 g/mol. The standard InChI is InChI=1S/C14H23N3O/c1-10-5-13(6-15-4)7-16-14(10)17-8-11(2)18-12(3)9-17/h5,7,11-12,15H,6,8-9H2,1-4H3. The molecule has 0 aliphatic carbocycles. The van der Waals surface area contributed by atoms with Crippen molar-refractivity contribution in [2.24, 2.45) is 0 Å². The molecule has 1 aliphatic heterocycles. The maximum Gasteiger partial charge on any atom is 0.131 e. The summed E-state index contributed by atoms with van der Waals surface area (Å²) in [5.74, 6) is 1.09. The van der Waals surface area contributed by atoms with Crippen molar-refractivity contribution < 1.29 is 4.74 Å². The second kappa shape index (κ2) is 5.67. The Kier molecular flexibility index (Phi) is 4.19. The molecule has 4 heteroatoms. The van der Waals surface area contributed by atoms with Crippen LogP contribution in [0.4, 0.5) is 5.82 Å². The minimum Gasteiger partial charge on any atom is -0.372 e. The van der Waals surface area contributed by atoms with Gasteiger partial charge in [0.25, 0.3) is 0 Å². The van der Waals surface area contributed by atoms with Crippen LogP contribution in [0.2, 0.25) is 0 Å². The minimum atomic E-state index is 0.270. The topological polar surface area (TPSA) is 37.4 Å². The highest BCUT2D eigenvalue weighted by Gasteiger charge is 2.24. The molecule has 18 heavy (non-hydrogen) atoms. The average Bonchev–Trinajstić information content (AvgIpc) is 2.28. The number of pyridine rings is 1. The zero-order valence-corrected chi connectivity index (χ0v) is 11.7. The summed E-state index contributed by atoms with van der Waals surface area (Å²) < 4.78 is 5.76. The molecular formula is C14H23N3O. The first-order valence-electron chi connectivity index (χ1n) is 6.60. The second-order valence-corrected chi connectivity index (χ2v) is 5.18. The lowest BCUT2D eigenvalue weighted by atomic mass is 10.1. The van der Waals surface area contributed by atoms with E-state index in [-0.39, 0.29) is 12.2 Å². The van der Waals surface area contributed by atoms with Crippen LogP contribution >= 0.6 is 0 Å². The molecule has 1 saturated heterocycles. The van der Waals surface area contributed by atoms with Crippen LogP contribution in [0.25, 0.3) is 0 Å². The van der Waals surface area contributed by atoms with E-state index < -0.39 is 0 Å². The van der Waals surface area contributed by atoms with Crippen molar-refractivity contribution in [3.8, 4) is 0 Å². The van der Waals surface area contributed by atoms with Gasteiger partial charge in [-0.05, 0) is 45.0 Å². The predicted octanol–water partition coefficient (Wildman–Crippen LogP) is 1.72. The number of ether oxygens (including phenoxy) is 1. The number of aromatic nitrogens is 1. The van der Waals surface area contributed by atoms with Gasteiger partial charge in [-0.25, -0.2) is 4.98 Å². The fourth-order valence-corrected chi connectivity index (χ4v) is 2.61. The molecule has 1 aromatic rings. The molecule has 100 valence electrons. The first-order valence-corrected chi connectivity index (χ1v) is 6.60. The van der Waals surface area contributed by atoms with Gasteiger partial charge < -0.3 is 15.0 Å². The second-order valence-electron chi connectivity index (χ2n) is 5.18. The zero-order chi connectivity index (χ0) is 13.1. The van der Waals surface area contributed by atoms with Gasteiger partial charge in [0.15, 0.2) is 0 Å². The van der Waals surface area contributed by atoms with E-state index in [0.29, 0.717) is 0 Å². The van der Waals surface area contributed by atoms with Crippen LogP contribution in [0.15, 0.2) is 12.3 Å². The van der Waals surface area contributed by atoms with Crippen LogP contribution in [0.3, 0.4) is 0 Å². The molecule has 0 amide bonds. The van der Waals surface area contributed by atoms with Gasteiger partial charge in [0.05, 0.1) is 12.2 Å². The van der Waals surface area contributed by atoms with Gasteiger partial charge in [-0.15, -0.1) is 0 Å². The van der Waals surface area contributed by atoms with Gasteiger partial charge in [-0.2, -0.15) is 0 Å². The van der Waals surface area contributed by atoms with Crippen molar-refractivity contribution in [2.45, 2.75) is 39.5 Å². The Morgan fingerprint density at radius 3 is 2.61 bits per heavy atom. The third-order valence-electron chi connectivity index (χ3n) is 3.21. The fraction of sp³-hybridized carbons (Fsp3) is 0.643. The summed E-state index contributed by atoms with van der Waals surface area (Å²) in [5.41, 5.74) is 2.47. The minimum absolute atomic E-state index is 0.270. The summed E-state index contributed by atoms with van der Waals surface area (Å²) in [7, 11) is 1.95. The SMILES string of the molecule is CNCc1cnc(N2CC(C)OC(C)C2)c(C)c1. The van der Waals surface area contributed by atoms with Crippen molar-refractivity contribution in [1.29, 1.82) is 0 Å². The molecule has 1 aromatic heterocycles. The molecule has 0 saturated carbocycles. The van der Waals surface area contributed by atoms with Crippen molar-refractivity contribution in [1.82, 2.24) is 10.3 Å². The smallest absolute Gasteiger partial charge is 0.131 e. The van der Waals surface area contributed by atoms with E-state index in [4.69, 9.17) is 4.74 Å². The quantitative estimate of drug-likeness (QED) is 0.885. The fourth-order valence-electron chi connectivity index (χ4n) is 2.61. The normalized spacial score (nSPS) is 24.3. The first kappa shape index (κ1) is 13.3. The number of anilines is 1. The van der Waals surface area contributed by atoms with E-state index in [1.165, 1.54) is 11.1 Å². The van der Waals surface area contributed by atoms with Gasteiger partial charge in [-0.3, -0.25) is 0 Å². The van der Waals surface area contributed by atoms with E-state index in [1.54, 1.807) is 0 Å². The lowest BCUT2D eigenvalue weighted by Gasteiger charge is -2.36. The van der Waals surface area contributed by atoms with Crippen LogP contribution in [0.1, 0.15) is 25.0 Å². The van der Waals surface area contributed by atoms with E-state index in [9.17, 15) is 0 Å². The van der Waals surface area contributed by atoms with Gasteiger partial charge in [0, 0.05) is 25.8 Å². The highest BCUT2D eigenvalue weighted by molar-refractivity contribution is 5.48. The van der Waals surface area contributed by atoms with E-state index in [0.717, 1.165) is 25.5 Å². The largest absolute Gasteiger partial charge is 0.372 e. The highest BCUT2D eigenvalue weighted by Crippen LogP contribution is 2.22. The molecule has 2 unspecified atom stereocenters. The molecule has 1 aliphatic rings. The number of nitrogens with one attached hydrogen (secondary N) is 1. The Hall–Kier alpha value is -1.13. The van der Waals surface area contributed by atoms with Gasteiger partial charge in [0.1, 0.15) is 5.82 Å². The van der Waals surface area contributed by atoms with Crippen LogP contribution < -0.4 is 10.2 Å². The van der Waals surface area contributed by atoms with Crippen molar-refractivity contribution in [3.63, 3.8) is 0 Å². The molecule has 0 aromatic carbocycles. The lowest BCUT2D eigenvalue weighted by Crippen LogP contribution is -2.46.